The minimum atomic E-state index is -0.179. The molecule has 1 aliphatic rings. The molecule has 146 valence electrons. The molecule has 8 heteroatoms. The van der Waals surface area contributed by atoms with Gasteiger partial charge in [0.05, 0.1) is 6.04 Å². The van der Waals surface area contributed by atoms with Crippen LogP contribution in [0.3, 0.4) is 0 Å². The van der Waals surface area contributed by atoms with Crippen LogP contribution < -0.4 is 5.32 Å². The lowest BCUT2D eigenvalue weighted by Crippen LogP contribution is -2.23. The van der Waals surface area contributed by atoms with Crippen molar-refractivity contribution in [2.45, 2.75) is 46.2 Å². The molecule has 2 aromatic heterocycles. The highest BCUT2D eigenvalue weighted by atomic mass is 16.5. The quantitative estimate of drug-likeness (QED) is 0.721. The Morgan fingerprint density at radius 3 is 2.82 bits per heavy atom. The number of anilines is 1. The van der Waals surface area contributed by atoms with Crippen molar-refractivity contribution in [2.75, 3.05) is 11.9 Å². The summed E-state index contributed by atoms with van der Waals surface area (Å²) in [5.74, 6) is 1.74. The summed E-state index contributed by atoms with van der Waals surface area (Å²) in [7, 11) is 0. The molecule has 1 amide bonds. The van der Waals surface area contributed by atoms with E-state index in [9.17, 15) is 4.79 Å². The summed E-state index contributed by atoms with van der Waals surface area (Å²) < 4.78 is 10.5. The molecule has 28 heavy (non-hydrogen) atoms. The topological polar surface area (TPSA) is 97.3 Å². The van der Waals surface area contributed by atoms with E-state index in [-0.39, 0.29) is 11.9 Å². The molecule has 1 aliphatic heterocycles. The highest BCUT2D eigenvalue weighted by Crippen LogP contribution is 2.32. The van der Waals surface area contributed by atoms with E-state index in [1.54, 1.807) is 19.9 Å². The van der Waals surface area contributed by atoms with Gasteiger partial charge in [0.2, 0.25) is 5.89 Å². The second-order valence-electron chi connectivity index (χ2n) is 7.16. The maximum Gasteiger partial charge on any atom is 0.255 e. The standard InChI is InChI=1S/C20H23N5O3/c1-12-18(13(2)27-23-12)22-19(26)16-7-4-6-15(10-16)11-25-9-5-8-17(25)20-21-14(3)24-28-20/h4,6-7,10,17H,5,8-9,11H2,1-3H3,(H,22,26)/t17-/m1/s1. The smallest absolute Gasteiger partial charge is 0.255 e. The van der Waals surface area contributed by atoms with Crippen molar-refractivity contribution in [3.63, 3.8) is 0 Å². The number of carbonyl (C=O) groups is 1. The van der Waals surface area contributed by atoms with Crippen LogP contribution in [0.15, 0.2) is 33.3 Å². The molecular weight excluding hydrogens is 358 g/mol. The van der Waals surface area contributed by atoms with Gasteiger partial charge in [-0.1, -0.05) is 22.4 Å². The molecule has 3 heterocycles. The SMILES string of the molecule is Cc1noc([C@H]2CCCN2Cc2cccc(C(=O)Nc3c(C)noc3C)c2)n1. The fourth-order valence-corrected chi connectivity index (χ4v) is 3.64. The Kier molecular flexibility index (Phi) is 4.95. The van der Waals surface area contributed by atoms with Crippen LogP contribution in [0.5, 0.6) is 0 Å². The summed E-state index contributed by atoms with van der Waals surface area (Å²) in [5, 5.41) is 10.7. The van der Waals surface area contributed by atoms with Gasteiger partial charge in [-0.3, -0.25) is 9.69 Å². The number of nitrogens with one attached hydrogen (secondary N) is 1. The average molecular weight is 381 g/mol. The van der Waals surface area contributed by atoms with Crippen LogP contribution >= 0.6 is 0 Å². The first-order valence-corrected chi connectivity index (χ1v) is 9.38. The van der Waals surface area contributed by atoms with Crippen LogP contribution in [0.2, 0.25) is 0 Å². The van der Waals surface area contributed by atoms with Gasteiger partial charge in [0.25, 0.3) is 5.91 Å². The first-order valence-electron chi connectivity index (χ1n) is 9.38. The lowest BCUT2D eigenvalue weighted by atomic mass is 10.1. The highest BCUT2D eigenvalue weighted by molar-refractivity contribution is 6.04. The number of aryl methyl sites for hydroxylation is 3. The largest absolute Gasteiger partial charge is 0.359 e. The molecule has 0 aliphatic carbocycles. The average Bonchev–Trinajstić information content (AvgIpc) is 3.39. The predicted molar refractivity (Wildman–Crippen MR) is 102 cm³/mol. The fraction of sp³-hybridized carbons (Fsp3) is 0.400. The number of carbonyl (C=O) groups excluding carboxylic acids is 1. The van der Waals surface area contributed by atoms with Crippen molar-refractivity contribution < 1.29 is 13.8 Å². The molecule has 0 saturated carbocycles. The van der Waals surface area contributed by atoms with E-state index in [4.69, 9.17) is 9.05 Å². The zero-order valence-corrected chi connectivity index (χ0v) is 16.2. The molecule has 1 N–H and O–H groups in total. The highest BCUT2D eigenvalue weighted by Gasteiger charge is 2.30. The summed E-state index contributed by atoms with van der Waals surface area (Å²) in [4.78, 5) is 19.4. The molecule has 1 saturated heterocycles. The van der Waals surface area contributed by atoms with E-state index in [0.717, 1.165) is 31.5 Å². The Morgan fingerprint density at radius 1 is 1.25 bits per heavy atom. The Labute approximate surface area is 162 Å². The van der Waals surface area contributed by atoms with Gasteiger partial charge in [0, 0.05) is 12.1 Å². The van der Waals surface area contributed by atoms with Crippen molar-refractivity contribution in [1.29, 1.82) is 0 Å². The number of aromatic nitrogens is 3. The fourth-order valence-electron chi connectivity index (χ4n) is 3.64. The lowest BCUT2D eigenvalue weighted by Gasteiger charge is -2.21. The number of hydrogen-bond donors (Lipinski definition) is 1. The van der Waals surface area contributed by atoms with Crippen LogP contribution in [-0.2, 0) is 6.54 Å². The maximum absolute atomic E-state index is 12.7. The van der Waals surface area contributed by atoms with Gasteiger partial charge in [0.15, 0.2) is 11.6 Å². The molecule has 0 radical (unpaired) electrons. The minimum Gasteiger partial charge on any atom is -0.359 e. The zero-order chi connectivity index (χ0) is 19.7. The summed E-state index contributed by atoms with van der Waals surface area (Å²) in [6, 6.07) is 7.78. The van der Waals surface area contributed by atoms with Crippen LogP contribution in [0.25, 0.3) is 0 Å². The summed E-state index contributed by atoms with van der Waals surface area (Å²) in [6.45, 7) is 7.08. The van der Waals surface area contributed by atoms with Crippen molar-refractivity contribution in [3.05, 3.63) is 58.6 Å². The number of amides is 1. The number of rotatable bonds is 5. The van der Waals surface area contributed by atoms with E-state index in [0.29, 0.717) is 34.4 Å². The number of likely N-dealkylation sites (tertiary alicyclic amines) is 1. The predicted octanol–water partition coefficient (Wildman–Crippen LogP) is 3.57. The Balaban J connectivity index is 1.48. The molecule has 0 bridgehead atoms. The summed E-state index contributed by atoms with van der Waals surface area (Å²) in [6.07, 6.45) is 2.08. The number of benzene rings is 1. The van der Waals surface area contributed by atoms with E-state index in [1.807, 2.05) is 25.1 Å². The Hall–Kier alpha value is -3.00. The first kappa shape index (κ1) is 18.4. The molecule has 0 unspecified atom stereocenters. The van der Waals surface area contributed by atoms with Gasteiger partial charge in [0.1, 0.15) is 11.4 Å². The van der Waals surface area contributed by atoms with Gasteiger partial charge in [-0.2, -0.15) is 4.98 Å². The van der Waals surface area contributed by atoms with Gasteiger partial charge in [-0.15, -0.1) is 0 Å². The maximum atomic E-state index is 12.7. The van der Waals surface area contributed by atoms with Crippen molar-refractivity contribution in [3.8, 4) is 0 Å². The first-order chi connectivity index (χ1) is 13.5. The zero-order valence-electron chi connectivity index (χ0n) is 16.2. The second kappa shape index (κ2) is 7.55. The van der Waals surface area contributed by atoms with E-state index < -0.39 is 0 Å². The van der Waals surface area contributed by atoms with Crippen LogP contribution in [-0.4, -0.2) is 32.6 Å². The van der Waals surface area contributed by atoms with Gasteiger partial charge >= 0.3 is 0 Å². The van der Waals surface area contributed by atoms with Crippen molar-refractivity contribution in [1.82, 2.24) is 20.2 Å². The van der Waals surface area contributed by atoms with Crippen LogP contribution in [0.4, 0.5) is 5.69 Å². The molecule has 1 fully saturated rings. The monoisotopic (exact) mass is 381 g/mol. The van der Waals surface area contributed by atoms with Crippen LogP contribution in [0, 0.1) is 20.8 Å². The molecule has 3 aromatic rings. The molecular formula is C20H23N5O3. The summed E-state index contributed by atoms with van der Waals surface area (Å²) >= 11 is 0. The number of hydrogen-bond acceptors (Lipinski definition) is 7. The molecule has 4 rings (SSSR count). The van der Waals surface area contributed by atoms with Gasteiger partial charge in [-0.25, -0.2) is 0 Å². The third-order valence-electron chi connectivity index (χ3n) is 5.04. The molecule has 0 spiro atoms. The minimum absolute atomic E-state index is 0.126. The summed E-state index contributed by atoms with van der Waals surface area (Å²) in [5.41, 5.74) is 2.95. The normalized spacial score (nSPS) is 17.2. The molecule has 1 aromatic carbocycles. The van der Waals surface area contributed by atoms with Gasteiger partial charge < -0.3 is 14.4 Å². The Bertz CT molecular complexity index is 974. The number of nitrogens with zero attached hydrogens (tertiary/aromatic N) is 4. The molecule has 1 atom stereocenters. The van der Waals surface area contributed by atoms with E-state index in [2.05, 4.69) is 25.5 Å². The second-order valence-corrected chi connectivity index (χ2v) is 7.16. The third-order valence-corrected chi connectivity index (χ3v) is 5.04. The van der Waals surface area contributed by atoms with Gasteiger partial charge in [-0.05, 0) is 57.9 Å². The Morgan fingerprint density at radius 2 is 2.11 bits per heavy atom. The van der Waals surface area contributed by atoms with E-state index >= 15 is 0 Å². The molecule has 8 nitrogen and oxygen atoms in total. The lowest BCUT2D eigenvalue weighted by molar-refractivity contribution is 0.102. The van der Waals surface area contributed by atoms with Crippen molar-refractivity contribution in [2.24, 2.45) is 0 Å². The van der Waals surface area contributed by atoms with Crippen molar-refractivity contribution >= 4 is 11.6 Å². The third kappa shape index (κ3) is 3.68. The van der Waals surface area contributed by atoms with E-state index in [1.165, 1.54) is 0 Å². The van der Waals surface area contributed by atoms with Crippen LogP contribution in [0.1, 0.15) is 58.0 Å².